The predicted molar refractivity (Wildman–Crippen MR) is 67.2 cm³/mol. The van der Waals surface area contributed by atoms with E-state index in [0.29, 0.717) is 18.8 Å². The molecule has 1 aromatic rings. The maximum atomic E-state index is 12.3. The molecule has 2 heterocycles. The van der Waals surface area contributed by atoms with Gasteiger partial charge in [-0.1, -0.05) is 0 Å². The van der Waals surface area contributed by atoms with Crippen LogP contribution in [0.3, 0.4) is 0 Å². The minimum atomic E-state index is -0.168. The molecule has 1 aromatic heterocycles. The lowest BCUT2D eigenvalue weighted by Crippen LogP contribution is -2.37. The molecule has 1 saturated heterocycles. The average Bonchev–Trinajstić information content (AvgIpc) is 2.51. The van der Waals surface area contributed by atoms with Crippen LogP contribution < -0.4 is 5.32 Å². The Morgan fingerprint density at radius 3 is 2.89 bits per heavy atom. The zero-order chi connectivity index (χ0) is 13.1. The molecule has 18 heavy (non-hydrogen) atoms. The van der Waals surface area contributed by atoms with Crippen LogP contribution in [0.15, 0.2) is 12.1 Å². The molecular weight excluding hydrogens is 230 g/mol. The van der Waals surface area contributed by atoms with Gasteiger partial charge in [0.15, 0.2) is 0 Å². The van der Waals surface area contributed by atoms with Crippen LogP contribution in [0.2, 0.25) is 0 Å². The molecule has 0 saturated carbocycles. The summed E-state index contributed by atoms with van der Waals surface area (Å²) < 4.78 is 0. The van der Waals surface area contributed by atoms with Crippen molar-refractivity contribution in [1.29, 1.82) is 0 Å². The topological polar surface area (TPSA) is 62.3 Å². The second kappa shape index (κ2) is 5.16. The summed E-state index contributed by atoms with van der Waals surface area (Å²) in [6, 6.07) is 3.68. The summed E-state index contributed by atoms with van der Waals surface area (Å²) in [7, 11) is 0. The minimum Gasteiger partial charge on any atom is -0.354 e. The van der Waals surface area contributed by atoms with Gasteiger partial charge in [0.2, 0.25) is 5.91 Å². The van der Waals surface area contributed by atoms with Crippen LogP contribution in [-0.2, 0) is 4.79 Å². The van der Waals surface area contributed by atoms with Gasteiger partial charge in [0.05, 0.1) is 6.54 Å². The molecule has 0 aromatic carbocycles. The van der Waals surface area contributed by atoms with E-state index < -0.39 is 0 Å². The van der Waals surface area contributed by atoms with E-state index in [2.05, 4.69) is 10.3 Å². The van der Waals surface area contributed by atoms with E-state index in [1.54, 1.807) is 11.0 Å². The summed E-state index contributed by atoms with van der Waals surface area (Å²) in [6.45, 7) is 5.13. The van der Waals surface area contributed by atoms with E-state index in [4.69, 9.17) is 0 Å². The minimum absolute atomic E-state index is 0.106. The van der Waals surface area contributed by atoms with Crippen molar-refractivity contribution in [3.8, 4) is 0 Å². The summed E-state index contributed by atoms with van der Waals surface area (Å²) in [4.78, 5) is 29.5. The molecular formula is C13H17N3O2. The Morgan fingerprint density at radius 1 is 1.39 bits per heavy atom. The zero-order valence-corrected chi connectivity index (χ0v) is 10.7. The van der Waals surface area contributed by atoms with Crippen LogP contribution in [0.1, 0.15) is 28.2 Å². The number of carbonyl (C=O) groups excluding carboxylic acids is 2. The molecule has 1 N–H and O–H groups in total. The normalized spacial score (nSPS) is 16.1. The Bertz CT molecular complexity index is 465. The molecule has 5 heteroatoms. The second-order valence-electron chi connectivity index (χ2n) is 4.60. The molecule has 0 bridgehead atoms. The number of pyridine rings is 1. The quantitative estimate of drug-likeness (QED) is 0.793. The average molecular weight is 247 g/mol. The van der Waals surface area contributed by atoms with Crippen molar-refractivity contribution in [2.24, 2.45) is 0 Å². The maximum Gasteiger partial charge on any atom is 0.272 e. The molecule has 5 nitrogen and oxygen atoms in total. The predicted octanol–water partition coefficient (Wildman–Crippen LogP) is 0.661. The Balaban J connectivity index is 2.21. The first-order valence-electron chi connectivity index (χ1n) is 6.07. The summed E-state index contributed by atoms with van der Waals surface area (Å²) >= 11 is 0. The summed E-state index contributed by atoms with van der Waals surface area (Å²) in [5.74, 6) is -0.274. The standard InChI is InChI=1S/C13H17N3O2/c1-9-6-10(2)15-11(7-9)13(18)16-5-3-4-14-12(17)8-16/h6-7H,3-5,8H2,1-2H3,(H,14,17). The Morgan fingerprint density at radius 2 is 2.17 bits per heavy atom. The van der Waals surface area contributed by atoms with E-state index in [9.17, 15) is 9.59 Å². The van der Waals surface area contributed by atoms with Crippen LogP contribution in [0, 0.1) is 13.8 Å². The third kappa shape index (κ3) is 2.85. The molecule has 0 atom stereocenters. The first kappa shape index (κ1) is 12.5. The highest BCUT2D eigenvalue weighted by Crippen LogP contribution is 2.09. The van der Waals surface area contributed by atoms with E-state index >= 15 is 0 Å². The fraction of sp³-hybridized carbons (Fsp3) is 0.462. The third-order valence-corrected chi connectivity index (χ3v) is 2.87. The molecule has 1 aliphatic rings. The lowest BCUT2D eigenvalue weighted by molar-refractivity contribution is -0.121. The van der Waals surface area contributed by atoms with Gasteiger partial charge in [0.25, 0.3) is 5.91 Å². The SMILES string of the molecule is Cc1cc(C)nc(C(=O)N2CCCNC(=O)C2)c1. The number of aryl methyl sites for hydroxylation is 2. The van der Waals surface area contributed by atoms with Gasteiger partial charge in [-0.15, -0.1) is 0 Å². The molecule has 0 spiro atoms. The second-order valence-corrected chi connectivity index (χ2v) is 4.60. The van der Waals surface area contributed by atoms with Crippen molar-refractivity contribution in [1.82, 2.24) is 15.2 Å². The van der Waals surface area contributed by atoms with Gasteiger partial charge < -0.3 is 10.2 Å². The highest BCUT2D eigenvalue weighted by atomic mass is 16.2. The first-order chi connectivity index (χ1) is 8.56. The summed E-state index contributed by atoms with van der Waals surface area (Å²) in [5, 5.41) is 2.75. The van der Waals surface area contributed by atoms with Crippen molar-refractivity contribution in [2.45, 2.75) is 20.3 Å². The van der Waals surface area contributed by atoms with Gasteiger partial charge in [-0.2, -0.15) is 0 Å². The van der Waals surface area contributed by atoms with E-state index in [1.807, 2.05) is 19.9 Å². The Kier molecular flexibility index (Phi) is 3.60. The van der Waals surface area contributed by atoms with Gasteiger partial charge in [0, 0.05) is 18.8 Å². The van der Waals surface area contributed by atoms with Crippen molar-refractivity contribution in [2.75, 3.05) is 19.6 Å². The lowest BCUT2D eigenvalue weighted by atomic mass is 10.2. The number of hydrogen-bond donors (Lipinski definition) is 1. The van der Waals surface area contributed by atoms with Crippen molar-refractivity contribution < 1.29 is 9.59 Å². The number of aromatic nitrogens is 1. The number of nitrogens with one attached hydrogen (secondary N) is 1. The highest BCUT2D eigenvalue weighted by Gasteiger charge is 2.22. The van der Waals surface area contributed by atoms with Crippen molar-refractivity contribution in [3.05, 3.63) is 29.1 Å². The van der Waals surface area contributed by atoms with Crippen LogP contribution in [0.4, 0.5) is 0 Å². The Hall–Kier alpha value is -1.91. The lowest BCUT2D eigenvalue weighted by Gasteiger charge is -2.18. The van der Waals surface area contributed by atoms with Gasteiger partial charge in [0.1, 0.15) is 5.69 Å². The third-order valence-electron chi connectivity index (χ3n) is 2.87. The number of rotatable bonds is 1. The monoisotopic (exact) mass is 247 g/mol. The van der Waals surface area contributed by atoms with E-state index in [-0.39, 0.29) is 18.4 Å². The Labute approximate surface area is 106 Å². The largest absolute Gasteiger partial charge is 0.354 e. The van der Waals surface area contributed by atoms with Gasteiger partial charge in [-0.3, -0.25) is 9.59 Å². The van der Waals surface area contributed by atoms with Gasteiger partial charge in [-0.25, -0.2) is 4.98 Å². The van der Waals surface area contributed by atoms with Crippen LogP contribution >= 0.6 is 0 Å². The molecule has 0 aliphatic carbocycles. The first-order valence-corrected chi connectivity index (χ1v) is 6.07. The zero-order valence-electron chi connectivity index (χ0n) is 10.7. The fourth-order valence-corrected chi connectivity index (χ4v) is 2.09. The smallest absolute Gasteiger partial charge is 0.272 e. The maximum absolute atomic E-state index is 12.3. The molecule has 2 rings (SSSR count). The van der Waals surface area contributed by atoms with Gasteiger partial charge in [-0.05, 0) is 38.0 Å². The summed E-state index contributed by atoms with van der Waals surface area (Å²) in [5.41, 5.74) is 2.24. The molecule has 1 aliphatic heterocycles. The number of amides is 2. The van der Waals surface area contributed by atoms with Crippen molar-refractivity contribution in [3.63, 3.8) is 0 Å². The van der Waals surface area contributed by atoms with Crippen molar-refractivity contribution >= 4 is 11.8 Å². The highest BCUT2D eigenvalue weighted by molar-refractivity contribution is 5.95. The van der Waals surface area contributed by atoms with Crippen LogP contribution in [0.25, 0.3) is 0 Å². The van der Waals surface area contributed by atoms with Crippen LogP contribution in [0.5, 0.6) is 0 Å². The molecule has 0 radical (unpaired) electrons. The van der Waals surface area contributed by atoms with E-state index in [0.717, 1.165) is 17.7 Å². The fourth-order valence-electron chi connectivity index (χ4n) is 2.09. The summed E-state index contributed by atoms with van der Waals surface area (Å²) in [6.07, 6.45) is 0.780. The molecule has 96 valence electrons. The molecule has 1 fully saturated rings. The number of hydrogen-bond acceptors (Lipinski definition) is 3. The van der Waals surface area contributed by atoms with Crippen LogP contribution in [-0.4, -0.2) is 41.3 Å². The number of carbonyl (C=O) groups is 2. The van der Waals surface area contributed by atoms with E-state index in [1.165, 1.54) is 0 Å². The molecule has 0 unspecified atom stereocenters. The number of nitrogens with zero attached hydrogens (tertiary/aromatic N) is 2. The molecule has 2 amide bonds. The van der Waals surface area contributed by atoms with Gasteiger partial charge >= 0.3 is 0 Å².